The molecular formula is C13H20ClN2O3S-. The lowest BCUT2D eigenvalue weighted by Crippen LogP contribution is -3.00. The van der Waals surface area contributed by atoms with E-state index < -0.39 is 5.97 Å². The second kappa shape index (κ2) is 8.94. The van der Waals surface area contributed by atoms with Crippen molar-refractivity contribution in [3.05, 3.63) is 15.8 Å². The molecule has 2 N–H and O–H groups in total. The minimum atomic E-state index is -0.428. The molecule has 0 bridgehead atoms. The molecule has 20 heavy (non-hydrogen) atoms. The topological polar surface area (TPSA) is 67.4 Å². The summed E-state index contributed by atoms with van der Waals surface area (Å²) in [6.45, 7) is 6.46. The molecule has 0 saturated heterocycles. The van der Waals surface area contributed by atoms with Crippen LogP contribution >= 0.6 is 11.3 Å². The van der Waals surface area contributed by atoms with Crippen molar-refractivity contribution in [3.8, 4) is 0 Å². The lowest BCUT2D eigenvalue weighted by molar-refractivity contribution is -0.117. The quantitative estimate of drug-likeness (QED) is 0.672. The van der Waals surface area contributed by atoms with E-state index in [1.165, 1.54) is 18.4 Å². The van der Waals surface area contributed by atoms with Gasteiger partial charge in [0, 0.05) is 0 Å². The predicted molar refractivity (Wildman–Crippen MR) is 76.8 cm³/mol. The lowest BCUT2D eigenvalue weighted by Gasteiger charge is -2.14. The van der Waals surface area contributed by atoms with Crippen molar-refractivity contribution >= 4 is 28.9 Å². The van der Waals surface area contributed by atoms with Crippen LogP contribution in [0.15, 0.2) is 5.38 Å². The Hall–Kier alpha value is -1.11. The zero-order valence-corrected chi connectivity index (χ0v) is 13.7. The Kier molecular flexibility index (Phi) is 8.45. The van der Waals surface area contributed by atoms with E-state index in [4.69, 9.17) is 4.74 Å². The Labute approximate surface area is 129 Å². The molecule has 0 aliphatic rings. The first kappa shape index (κ1) is 18.9. The number of rotatable bonds is 6. The number of esters is 1. The van der Waals surface area contributed by atoms with Crippen LogP contribution < -0.4 is 23.0 Å². The number of hydrogen-bond acceptors (Lipinski definition) is 5. The fourth-order valence-electron chi connectivity index (χ4n) is 1.53. The molecule has 0 fully saturated rings. The van der Waals surface area contributed by atoms with Gasteiger partial charge in [0.1, 0.15) is 4.88 Å². The maximum atomic E-state index is 12.0. The zero-order valence-electron chi connectivity index (χ0n) is 12.1. The van der Waals surface area contributed by atoms with Crippen LogP contribution in [0.25, 0.3) is 0 Å². The summed E-state index contributed by atoms with van der Waals surface area (Å²) in [5.41, 5.74) is 1.41. The van der Waals surface area contributed by atoms with Crippen LogP contribution in [0, 0.1) is 6.92 Å². The summed E-state index contributed by atoms with van der Waals surface area (Å²) in [5, 5.41) is 7.72. The fourth-order valence-corrected chi connectivity index (χ4v) is 2.45. The Morgan fingerprint density at radius 2 is 2.10 bits per heavy atom. The van der Waals surface area contributed by atoms with Crippen molar-refractivity contribution in [1.82, 2.24) is 5.32 Å². The number of amides is 1. The predicted octanol–water partition coefficient (Wildman–Crippen LogP) is -0.826. The summed E-state index contributed by atoms with van der Waals surface area (Å²) in [5.74, 6) is -0.581. The van der Waals surface area contributed by atoms with Crippen molar-refractivity contribution in [3.63, 3.8) is 0 Å². The van der Waals surface area contributed by atoms with Crippen molar-refractivity contribution in [1.29, 1.82) is 0 Å². The molecule has 1 heterocycles. The van der Waals surface area contributed by atoms with Crippen LogP contribution in [0.3, 0.4) is 0 Å². The highest BCUT2D eigenvalue weighted by atomic mass is 35.5. The number of carbonyl (C=O) groups excluding carboxylic acids is 2. The van der Waals surface area contributed by atoms with E-state index in [2.05, 4.69) is 10.6 Å². The van der Waals surface area contributed by atoms with Crippen molar-refractivity contribution in [2.75, 3.05) is 19.0 Å². The first-order valence-electron chi connectivity index (χ1n) is 6.21. The number of halogens is 1. The molecule has 1 aromatic rings. The molecule has 1 unspecified atom stereocenters. The van der Waals surface area contributed by atoms with Gasteiger partial charge in [-0.3, -0.25) is 4.79 Å². The Morgan fingerprint density at radius 3 is 2.65 bits per heavy atom. The summed E-state index contributed by atoms with van der Waals surface area (Å²) in [4.78, 5) is 24.0. The molecule has 0 aromatic carbocycles. The molecule has 114 valence electrons. The average molecular weight is 320 g/mol. The summed E-state index contributed by atoms with van der Waals surface area (Å²) >= 11 is 1.27. The monoisotopic (exact) mass is 319 g/mol. The standard InChI is InChI=1S/C13H20N2O3S.ClH/c1-5-6-14-9(3)12(16)15-10-8(2)7-19-11(10)13(17)18-4;/h7,9,14H,5-6H2,1-4H3,(H,15,16);1H/p-1. The summed E-state index contributed by atoms with van der Waals surface area (Å²) in [6.07, 6.45) is 0.961. The number of thiophene rings is 1. The molecule has 0 radical (unpaired) electrons. The summed E-state index contributed by atoms with van der Waals surface area (Å²) < 4.78 is 4.70. The Morgan fingerprint density at radius 1 is 1.45 bits per heavy atom. The molecule has 1 aromatic heterocycles. The molecule has 0 spiro atoms. The van der Waals surface area contributed by atoms with Gasteiger partial charge in [-0.1, -0.05) is 6.92 Å². The molecule has 0 saturated carbocycles. The number of methoxy groups -OCH3 is 1. The van der Waals surface area contributed by atoms with Crippen LogP contribution in [0.4, 0.5) is 5.69 Å². The van der Waals surface area contributed by atoms with E-state index in [-0.39, 0.29) is 24.4 Å². The smallest absolute Gasteiger partial charge is 0.350 e. The van der Waals surface area contributed by atoms with Crippen LogP contribution in [0.2, 0.25) is 0 Å². The molecule has 0 aliphatic carbocycles. The maximum absolute atomic E-state index is 12.0. The highest BCUT2D eigenvalue weighted by Gasteiger charge is 2.20. The molecule has 7 heteroatoms. The van der Waals surface area contributed by atoms with Gasteiger partial charge in [-0.05, 0) is 37.8 Å². The van der Waals surface area contributed by atoms with Crippen LogP contribution in [0.1, 0.15) is 35.5 Å². The normalized spacial score (nSPS) is 11.4. The van der Waals surface area contributed by atoms with Gasteiger partial charge in [-0.2, -0.15) is 0 Å². The van der Waals surface area contributed by atoms with Gasteiger partial charge >= 0.3 is 5.97 Å². The van der Waals surface area contributed by atoms with Gasteiger partial charge in [0.15, 0.2) is 0 Å². The molecule has 1 amide bonds. The Bertz CT molecular complexity index is 462. The first-order chi connectivity index (χ1) is 9.01. The van der Waals surface area contributed by atoms with Crippen LogP contribution in [-0.2, 0) is 9.53 Å². The zero-order chi connectivity index (χ0) is 14.4. The fraction of sp³-hybridized carbons (Fsp3) is 0.538. The number of aryl methyl sites for hydroxylation is 1. The number of hydrogen-bond donors (Lipinski definition) is 2. The third-order valence-electron chi connectivity index (χ3n) is 2.69. The van der Waals surface area contributed by atoms with Crippen LogP contribution in [0.5, 0.6) is 0 Å². The average Bonchev–Trinajstić information content (AvgIpc) is 2.76. The van der Waals surface area contributed by atoms with E-state index >= 15 is 0 Å². The van der Waals surface area contributed by atoms with Crippen molar-refractivity contribution in [2.45, 2.75) is 33.2 Å². The van der Waals surface area contributed by atoms with Gasteiger partial charge in [0.25, 0.3) is 0 Å². The summed E-state index contributed by atoms with van der Waals surface area (Å²) in [6, 6.07) is -0.301. The van der Waals surface area contributed by atoms with E-state index in [1.807, 2.05) is 19.2 Å². The molecular weight excluding hydrogens is 300 g/mol. The van der Waals surface area contributed by atoms with Gasteiger partial charge < -0.3 is 27.8 Å². The van der Waals surface area contributed by atoms with Gasteiger partial charge in [0.05, 0.1) is 18.8 Å². The summed E-state index contributed by atoms with van der Waals surface area (Å²) in [7, 11) is 1.33. The number of ether oxygens (including phenoxy) is 1. The van der Waals surface area contributed by atoms with E-state index in [0.717, 1.165) is 18.5 Å². The van der Waals surface area contributed by atoms with Crippen molar-refractivity contribution < 1.29 is 26.7 Å². The van der Waals surface area contributed by atoms with E-state index in [9.17, 15) is 9.59 Å². The molecule has 1 rings (SSSR count). The first-order valence-corrected chi connectivity index (χ1v) is 7.09. The SMILES string of the molecule is CCCNC(C)C(=O)Nc1c(C)csc1C(=O)OC.[Cl-]. The lowest BCUT2D eigenvalue weighted by atomic mass is 10.2. The molecule has 1 atom stereocenters. The van der Waals surface area contributed by atoms with Crippen LogP contribution in [-0.4, -0.2) is 31.6 Å². The van der Waals surface area contributed by atoms with Gasteiger partial charge in [0.2, 0.25) is 5.91 Å². The molecule has 5 nitrogen and oxygen atoms in total. The molecule has 0 aliphatic heterocycles. The number of carbonyl (C=O) groups is 2. The Balaban J connectivity index is 0.00000361. The second-order valence-corrected chi connectivity index (χ2v) is 5.16. The maximum Gasteiger partial charge on any atom is 0.350 e. The minimum absolute atomic E-state index is 0. The van der Waals surface area contributed by atoms with E-state index in [0.29, 0.717) is 10.6 Å². The number of nitrogens with one attached hydrogen (secondary N) is 2. The number of anilines is 1. The van der Waals surface area contributed by atoms with Gasteiger partial charge in [-0.25, -0.2) is 4.79 Å². The van der Waals surface area contributed by atoms with E-state index in [1.54, 1.807) is 6.92 Å². The highest BCUT2D eigenvalue weighted by molar-refractivity contribution is 7.12. The van der Waals surface area contributed by atoms with Gasteiger partial charge in [-0.15, -0.1) is 11.3 Å². The third kappa shape index (κ3) is 4.77. The van der Waals surface area contributed by atoms with Crippen molar-refractivity contribution in [2.24, 2.45) is 0 Å². The largest absolute Gasteiger partial charge is 1.00 e. The third-order valence-corrected chi connectivity index (χ3v) is 3.77. The second-order valence-electron chi connectivity index (χ2n) is 4.28. The minimum Gasteiger partial charge on any atom is -1.00 e. The highest BCUT2D eigenvalue weighted by Crippen LogP contribution is 2.28.